The number of aliphatic hydroxyl groups excluding tert-OH is 1. The van der Waals surface area contributed by atoms with Crippen molar-refractivity contribution < 1.29 is 9.50 Å². The number of nitrogens with zero attached hydrogens (tertiary/aromatic N) is 3. The zero-order valence-electron chi connectivity index (χ0n) is 11.2. The van der Waals surface area contributed by atoms with Gasteiger partial charge in [0.25, 0.3) is 0 Å². The van der Waals surface area contributed by atoms with Crippen molar-refractivity contribution in [2.75, 3.05) is 13.2 Å². The topological polar surface area (TPSA) is 41.3 Å². The van der Waals surface area contributed by atoms with Crippen LogP contribution in [0.3, 0.4) is 0 Å². The van der Waals surface area contributed by atoms with Crippen molar-refractivity contribution in [3.63, 3.8) is 0 Å². The average Bonchev–Trinajstić information content (AvgIpc) is 3.09. The lowest BCUT2D eigenvalue weighted by Crippen LogP contribution is -2.32. The van der Waals surface area contributed by atoms with Crippen LogP contribution in [-0.4, -0.2) is 45.2 Å². The highest BCUT2D eigenvalue weighted by molar-refractivity contribution is 5.02. The van der Waals surface area contributed by atoms with Crippen LogP contribution in [-0.2, 0) is 6.54 Å². The minimum atomic E-state index is -0.811. The second kappa shape index (κ2) is 5.59. The summed E-state index contributed by atoms with van der Waals surface area (Å²) >= 11 is 0. The lowest BCUT2D eigenvalue weighted by molar-refractivity contribution is 0.151. The van der Waals surface area contributed by atoms with E-state index in [1.54, 1.807) is 0 Å². The molecule has 0 spiro atoms. The molecule has 1 aliphatic heterocycles. The van der Waals surface area contributed by atoms with E-state index in [9.17, 15) is 9.50 Å². The molecular formula is C14H22FN3O. The number of aromatic nitrogens is 2. The number of hydrogen-bond acceptors (Lipinski definition) is 3. The molecule has 4 nitrogen and oxygen atoms in total. The van der Waals surface area contributed by atoms with Gasteiger partial charge in [-0.05, 0) is 25.3 Å². The molecule has 1 saturated carbocycles. The largest absolute Gasteiger partial charge is 0.395 e. The number of aliphatic hydroxyl groups is 1. The zero-order chi connectivity index (χ0) is 13.2. The lowest BCUT2D eigenvalue weighted by Gasteiger charge is -2.20. The first-order valence-corrected chi connectivity index (χ1v) is 7.29. The third-order valence-electron chi connectivity index (χ3n) is 4.42. The van der Waals surface area contributed by atoms with Gasteiger partial charge in [-0.3, -0.25) is 9.58 Å². The van der Waals surface area contributed by atoms with E-state index in [1.807, 2.05) is 17.2 Å². The van der Waals surface area contributed by atoms with Crippen molar-refractivity contribution in [2.24, 2.45) is 0 Å². The van der Waals surface area contributed by atoms with Crippen LogP contribution in [0.4, 0.5) is 4.39 Å². The van der Waals surface area contributed by atoms with Crippen LogP contribution in [0, 0.1) is 0 Å². The molecule has 1 N–H and O–H groups in total. The average molecular weight is 267 g/mol. The Balaban J connectivity index is 1.63. The Kier molecular flexibility index (Phi) is 3.84. The Labute approximate surface area is 113 Å². The number of likely N-dealkylation sites (tertiary alicyclic amines) is 1. The van der Waals surface area contributed by atoms with Gasteiger partial charge in [0.05, 0.1) is 18.3 Å². The molecule has 2 fully saturated rings. The maximum Gasteiger partial charge on any atom is 0.114 e. The Morgan fingerprint density at radius 2 is 2.16 bits per heavy atom. The van der Waals surface area contributed by atoms with Gasteiger partial charge in [-0.1, -0.05) is 12.8 Å². The summed E-state index contributed by atoms with van der Waals surface area (Å²) in [4.78, 5) is 2.01. The summed E-state index contributed by atoms with van der Waals surface area (Å²) in [6, 6.07) is 2.53. The van der Waals surface area contributed by atoms with Crippen molar-refractivity contribution in [3.05, 3.63) is 18.0 Å². The summed E-state index contributed by atoms with van der Waals surface area (Å²) in [5.41, 5.74) is 0.986. The molecule has 0 radical (unpaired) electrons. The van der Waals surface area contributed by atoms with Gasteiger partial charge in [0.1, 0.15) is 6.17 Å². The number of rotatable bonds is 4. The highest BCUT2D eigenvalue weighted by Crippen LogP contribution is 2.29. The molecule has 2 aliphatic rings. The van der Waals surface area contributed by atoms with Gasteiger partial charge in [0.15, 0.2) is 0 Å². The first-order chi connectivity index (χ1) is 9.26. The molecular weight excluding hydrogens is 245 g/mol. The quantitative estimate of drug-likeness (QED) is 0.906. The Morgan fingerprint density at radius 3 is 2.89 bits per heavy atom. The fraction of sp³-hybridized carbons (Fsp3) is 0.786. The molecule has 0 amide bonds. The first-order valence-electron chi connectivity index (χ1n) is 7.29. The number of halogens is 1. The Morgan fingerprint density at radius 1 is 1.37 bits per heavy atom. The molecule has 19 heavy (non-hydrogen) atoms. The van der Waals surface area contributed by atoms with Crippen LogP contribution >= 0.6 is 0 Å². The predicted octanol–water partition coefficient (Wildman–Crippen LogP) is 1.90. The fourth-order valence-electron chi connectivity index (χ4n) is 3.35. The van der Waals surface area contributed by atoms with Gasteiger partial charge in [0, 0.05) is 25.3 Å². The molecule has 106 valence electrons. The minimum Gasteiger partial charge on any atom is -0.395 e. The minimum absolute atomic E-state index is 0.0315. The van der Waals surface area contributed by atoms with Crippen LogP contribution in [0.5, 0.6) is 0 Å². The summed E-state index contributed by atoms with van der Waals surface area (Å²) in [6.07, 6.45) is 6.70. The predicted molar refractivity (Wildman–Crippen MR) is 70.5 cm³/mol. The molecule has 3 rings (SSSR count). The summed E-state index contributed by atoms with van der Waals surface area (Å²) < 4.78 is 15.5. The maximum atomic E-state index is 13.4. The van der Waals surface area contributed by atoms with Crippen molar-refractivity contribution >= 4 is 0 Å². The van der Waals surface area contributed by atoms with E-state index in [4.69, 9.17) is 0 Å². The van der Waals surface area contributed by atoms with Crippen molar-refractivity contribution in [1.82, 2.24) is 14.7 Å². The van der Waals surface area contributed by atoms with Gasteiger partial charge >= 0.3 is 0 Å². The highest BCUT2D eigenvalue weighted by atomic mass is 19.1. The first kappa shape index (κ1) is 13.1. The molecule has 1 aliphatic carbocycles. The van der Waals surface area contributed by atoms with Crippen LogP contribution in [0.25, 0.3) is 0 Å². The second-order valence-corrected chi connectivity index (χ2v) is 5.82. The van der Waals surface area contributed by atoms with Crippen molar-refractivity contribution in [2.45, 2.75) is 56.9 Å². The summed E-state index contributed by atoms with van der Waals surface area (Å²) in [5, 5.41) is 13.9. The van der Waals surface area contributed by atoms with E-state index in [2.05, 4.69) is 9.78 Å². The van der Waals surface area contributed by atoms with Crippen LogP contribution in [0.1, 0.15) is 43.8 Å². The summed E-state index contributed by atoms with van der Waals surface area (Å²) in [5.74, 6) is 0. The van der Waals surface area contributed by atoms with Crippen LogP contribution in [0.15, 0.2) is 12.3 Å². The zero-order valence-corrected chi connectivity index (χ0v) is 11.2. The summed E-state index contributed by atoms with van der Waals surface area (Å²) in [6.45, 7) is 1.09. The van der Waals surface area contributed by atoms with E-state index in [0.717, 1.165) is 5.69 Å². The Hall–Kier alpha value is -0.940. The molecule has 0 unspecified atom stereocenters. The van der Waals surface area contributed by atoms with Crippen LogP contribution < -0.4 is 0 Å². The molecule has 1 saturated heterocycles. The monoisotopic (exact) mass is 267 g/mol. The number of alkyl halides is 1. The smallest absolute Gasteiger partial charge is 0.114 e. The number of hydrogen-bond donors (Lipinski definition) is 1. The van der Waals surface area contributed by atoms with E-state index in [-0.39, 0.29) is 12.6 Å². The molecule has 2 atom stereocenters. The van der Waals surface area contributed by atoms with Crippen molar-refractivity contribution in [3.8, 4) is 0 Å². The molecule has 2 heterocycles. The Bertz CT molecular complexity index is 417. The second-order valence-electron chi connectivity index (χ2n) is 5.82. The highest BCUT2D eigenvalue weighted by Gasteiger charge is 2.31. The molecule has 0 bridgehead atoms. The molecule has 1 aromatic rings. The summed E-state index contributed by atoms with van der Waals surface area (Å²) in [7, 11) is 0. The molecule has 0 aromatic carbocycles. The van der Waals surface area contributed by atoms with Gasteiger partial charge < -0.3 is 5.11 Å². The maximum absolute atomic E-state index is 13.4. The lowest BCUT2D eigenvalue weighted by atomic mass is 10.2. The van der Waals surface area contributed by atoms with Crippen molar-refractivity contribution in [1.29, 1.82) is 0 Å². The van der Waals surface area contributed by atoms with E-state index < -0.39 is 6.17 Å². The fourth-order valence-corrected chi connectivity index (χ4v) is 3.35. The van der Waals surface area contributed by atoms with E-state index in [0.29, 0.717) is 25.6 Å². The SMILES string of the molecule is OC[C@@H]1C[C@H](F)CN1Cc1ccn(C2CCCC2)n1. The third kappa shape index (κ3) is 2.82. The van der Waals surface area contributed by atoms with Crippen LogP contribution in [0.2, 0.25) is 0 Å². The van der Waals surface area contributed by atoms with Gasteiger partial charge in [0.2, 0.25) is 0 Å². The van der Waals surface area contributed by atoms with Gasteiger partial charge in [-0.2, -0.15) is 5.10 Å². The molecule has 1 aromatic heterocycles. The van der Waals surface area contributed by atoms with E-state index >= 15 is 0 Å². The van der Waals surface area contributed by atoms with E-state index in [1.165, 1.54) is 25.7 Å². The normalized spacial score (nSPS) is 29.4. The third-order valence-corrected chi connectivity index (χ3v) is 4.42. The standard InChI is InChI=1S/C14H22FN3O/c15-11-7-14(10-19)17(8-11)9-12-5-6-18(16-12)13-3-1-2-4-13/h5-6,11,13-14,19H,1-4,7-10H2/t11-,14-/m0/s1. The van der Waals surface area contributed by atoms with Gasteiger partial charge in [-0.25, -0.2) is 4.39 Å². The van der Waals surface area contributed by atoms with Gasteiger partial charge in [-0.15, -0.1) is 0 Å². The molecule has 5 heteroatoms.